The second-order valence-electron chi connectivity index (χ2n) is 6.73. The summed E-state index contributed by atoms with van der Waals surface area (Å²) in [5.41, 5.74) is -4.20. The van der Waals surface area contributed by atoms with Gasteiger partial charge in [-0.15, -0.1) is 0 Å². The molecule has 0 saturated heterocycles. The standard InChI is InChI=1S/C19H13F6N5O3/c1-9(15-27-8-28-30(15)14-3-2-10(7-26-14)17(32)33)29-16(31)11-4-12(18(20,21)22)6-13(5-11)19(23,24)25/h2-9H,1H3,(H,29,31)(H,32,33)/t9-/m0/s1. The van der Waals surface area contributed by atoms with Crippen molar-refractivity contribution in [2.24, 2.45) is 0 Å². The van der Waals surface area contributed by atoms with E-state index in [9.17, 15) is 35.9 Å². The topological polar surface area (TPSA) is 110 Å². The van der Waals surface area contributed by atoms with Crippen molar-refractivity contribution in [3.05, 3.63) is 70.9 Å². The Hall–Kier alpha value is -3.97. The molecule has 0 aliphatic carbocycles. The lowest BCUT2D eigenvalue weighted by atomic mass is 10.0. The summed E-state index contributed by atoms with van der Waals surface area (Å²) in [6.07, 6.45) is -8.07. The van der Waals surface area contributed by atoms with E-state index in [0.29, 0.717) is 12.1 Å². The van der Waals surface area contributed by atoms with Crippen molar-refractivity contribution in [3.8, 4) is 5.82 Å². The fraction of sp³-hybridized carbons (Fsp3) is 0.211. The molecule has 0 aliphatic rings. The molecule has 2 aromatic heterocycles. The number of hydrogen-bond donors (Lipinski definition) is 2. The van der Waals surface area contributed by atoms with Crippen LogP contribution in [0.25, 0.3) is 5.82 Å². The number of aromatic carboxylic acids is 1. The Morgan fingerprint density at radius 3 is 2.06 bits per heavy atom. The summed E-state index contributed by atoms with van der Waals surface area (Å²) >= 11 is 0. The number of aromatic nitrogens is 4. The monoisotopic (exact) mass is 473 g/mol. The zero-order valence-corrected chi connectivity index (χ0v) is 16.4. The van der Waals surface area contributed by atoms with Crippen molar-refractivity contribution >= 4 is 11.9 Å². The lowest BCUT2D eigenvalue weighted by molar-refractivity contribution is -0.143. The Kier molecular flexibility index (Phi) is 6.12. The Morgan fingerprint density at radius 1 is 0.970 bits per heavy atom. The average Bonchev–Trinajstić information content (AvgIpc) is 3.22. The predicted octanol–water partition coefficient (Wildman–Crippen LogP) is 3.89. The van der Waals surface area contributed by atoms with E-state index in [1.807, 2.05) is 0 Å². The van der Waals surface area contributed by atoms with Gasteiger partial charge in [-0.2, -0.15) is 36.1 Å². The van der Waals surface area contributed by atoms with E-state index in [2.05, 4.69) is 20.4 Å². The first-order chi connectivity index (χ1) is 15.3. The molecule has 0 saturated carbocycles. The highest BCUT2D eigenvalue weighted by Crippen LogP contribution is 2.36. The highest BCUT2D eigenvalue weighted by atomic mass is 19.4. The van der Waals surface area contributed by atoms with Crippen LogP contribution in [-0.2, 0) is 12.4 Å². The minimum atomic E-state index is -5.10. The molecule has 2 heterocycles. The van der Waals surface area contributed by atoms with Crippen LogP contribution in [0.1, 0.15) is 50.6 Å². The second-order valence-corrected chi connectivity index (χ2v) is 6.73. The van der Waals surface area contributed by atoms with Crippen LogP contribution >= 0.6 is 0 Å². The quantitative estimate of drug-likeness (QED) is 0.545. The number of carbonyl (C=O) groups excluding carboxylic acids is 1. The molecule has 1 amide bonds. The molecule has 2 N–H and O–H groups in total. The SMILES string of the molecule is C[C@H](NC(=O)c1cc(C(F)(F)F)cc(C(F)(F)F)c1)c1ncnn1-c1ccc(C(=O)O)cn1. The van der Waals surface area contributed by atoms with Crippen LogP contribution in [-0.4, -0.2) is 36.7 Å². The molecule has 0 radical (unpaired) electrons. The first-order valence-electron chi connectivity index (χ1n) is 8.97. The third-order valence-electron chi connectivity index (χ3n) is 4.37. The van der Waals surface area contributed by atoms with E-state index in [0.717, 1.165) is 17.2 Å². The predicted molar refractivity (Wildman–Crippen MR) is 98.4 cm³/mol. The third kappa shape index (κ3) is 5.27. The van der Waals surface area contributed by atoms with E-state index in [-0.39, 0.29) is 23.3 Å². The van der Waals surface area contributed by atoms with Gasteiger partial charge >= 0.3 is 18.3 Å². The molecule has 0 bridgehead atoms. The van der Waals surface area contributed by atoms with Crippen LogP contribution in [0, 0.1) is 0 Å². The zero-order valence-electron chi connectivity index (χ0n) is 16.4. The molecule has 0 spiro atoms. The summed E-state index contributed by atoms with van der Waals surface area (Å²) in [6, 6.07) is 2.06. The van der Waals surface area contributed by atoms with Crippen LogP contribution in [0.5, 0.6) is 0 Å². The highest BCUT2D eigenvalue weighted by Gasteiger charge is 2.37. The van der Waals surface area contributed by atoms with Crippen LogP contribution in [0.15, 0.2) is 42.9 Å². The Balaban J connectivity index is 1.89. The normalized spacial score (nSPS) is 12.9. The van der Waals surface area contributed by atoms with E-state index >= 15 is 0 Å². The first-order valence-corrected chi connectivity index (χ1v) is 8.97. The molecular weight excluding hydrogens is 460 g/mol. The minimum Gasteiger partial charge on any atom is -0.478 e. The van der Waals surface area contributed by atoms with Crippen molar-refractivity contribution in [2.75, 3.05) is 0 Å². The number of carboxylic acids is 1. The third-order valence-corrected chi connectivity index (χ3v) is 4.37. The van der Waals surface area contributed by atoms with Crippen molar-refractivity contribution in [2.45, 2.75) is 25.3 Å². The maximum Gasteiger partial charge on any atom is 0.416 e. The summed E-state index contributed by atoms with van der Waals surface area (Å²) < 4.78 is 79.4. The number of halogens is 6. The van der Waals surface area contributed by atoms with Gasteiger partial charge < -0.3 is 10.4 Å². The first kappa shape index (κ1) is 23.7. The number of hydrogen-bond acceptors (Lipinski definition) is 5. The molecular formula is C19H13F6N5O3. The van der Waals surface area contributed by atoms with Gasteiger partial charge in [-0.3, -0.25) is 4.79 Å². The molecule has 0 unspecified atom stereocenters. The second kappa shape index (κ2) is 8.52. The van der Waals surface area contributed by atoms with Crippen LogP contribution in [0.3, 0.4) is 0 Å². The summed E-state index contributed by atoms with van der Waals surface area (Å²) in [4.78, 5) is 31.3. The molecule has 14 heteroatoms. The fourth-order valence-corrected chi connectivity index (χ4v) is 2.79. The molecule has 33 heavy (non-hydrogen) atoms. The smallest absolute Gasteiger partial charge is 0.416 e. The average molecular weight is 473 g/mol. The van der Waals surface area contributed by atoms with Gasteiger partial charge in [0.05, 0.1) is 22.7 Å². The van der Waals surface area contributed by atoms with E-state index in [1.165, 1.54) is 19.1 Å². The van der Waals surface area contributed by atoms with Gasteiger partial charge in [0, 0.05) is 11.8 Å². The van der Waals surface area contributed by atoms with Gasteiger partial charge in [-0.1, -0.05) is 0 Å². The van der Waals surface area contributed by atoms with Crippen LogP contribution in [0.2, 0.25) is 0 Å². The molecule has 8 nitrogen and oxygen atoms in total. The molecule has 0 fully saturated rings. The minimum absolute atomic E-state index is 0.0435. The van der Waals surface area contributed by atoms with Crippen molar-refractivity contribution in [3.63, 3.8) is 0 Å². The maximum atomic E-state index is 13.0. The number of carboxylic acid groups (broad SMARTS) is 1. The van der Waals surface area contributed by atoms with E-state index in [1.54, 1.807) is 0 Å². The summed E-state index contributed by atoms with van der Waals surface area (Å²) in [5, 5.41) is 15.1. The zero-order chi connectivity index (χ0) is 24.6. The number of amides is 1. The Bertz CT molecular complexity index is 1160. The molecule has 3 rings (SSSR count). The van der Waals surface area contributed by atoms with Crippen LogP contribution in [0.4, 0.5) is 26.3 Å². The molecule has 1 aromatic carbocycles. The van der Waals surface area contributed by atoms with Gasteiger partial charge in [-0.05, 0) is 37.3 Å². The van der Waals surface area contributed by atoms with Gasteiger partial charge in [0.15, 0.2) is 11.6 Å². The number of pyridine rings is 1. The molecule has 1 atom stereocenters. The van der Waals surface area contributed by atoms with E-state index < -0.39 is 47.0 Å². The molecule has 3 aromatic rings. The summed E-state index contributed by atoms with van der Waals surface area (Å²) in [6.45, 7) is 1.38. The number of nitrogens with zero attached hydrogens (tertiary/aromatic N) is 4. The highest BCUT2D eigenvalue weighted by molar-refractivity contribution is 5.95. The van der Waals surface area contributed by atoms with Crippen molar-refractivity contribution < 1.29 is 41.0 Å². The summed E-state index contributed by atoms with van der Waals surface area (Å²) in [5.74, 6) is -2.26. The molecule has 174 valence electrons. The van der Waals surface area contributed by atoms with Crippen molar-refractivity contribution in [1.29, 1.82) is 0 Å². The van der Waals surface area contributed by atoms with Gasteiger partial charge in [0.25, 0.3) is 5.91 Å². The lowest BCUT2D eigenvalue weighted by Crippen LogP contribution is -2.29. The number of alkyl halides is 6. The number of benzene rings is 1. The van der Waals surface area contributed by atoms with Gasteiger partial charge in [-0.25, -0.2) is 14.8 Å². The number of rotatable bonds is 5. The van der Waals surface area contributed by atoms with Gasteiger partial charge in [0.1, 0.15) is 6.33 Å². The summed E-state index contributed by atoms with van der Waals surface area (Å²) in [7, 11) is 0. The lowest BCUT2D eigenvalue weighted by Gasteiger charge is -2.17. The largest absolute Gasteiger partial charge is 0.478 e. The fourth-order valence-electron chi connectivity index (χ4n) is 2.79. The van der Waals surface area contributed by atoms with Crippen LogP contribution < -0.4 is 5.32 Å². The van der Waals surface area contributed by atoms with E-state index in [4.69, 9.17) is 5.11 Å². The van der Waals surface area contributed by atoms with Gasteiger partial charge in [0.2, 0.25) is 0 Å². The maximum absolute atomic E-state index is 13.0. The number of carbonyl (C=O) groups is 2. The number of nitrogens with one attached hydrogen (secondary N) is 1. The Morgan fingerprint density at radius 2 is 1.58 bits per heavy atom. The Labute approximate surface area is 180 Å². The van der Waals surface area contributed by atoms with Crippen molar-refractivity contribution in [1.82, 2.24) is 25.1 Å². The molecule has 0 aliphatic heterocycles.